The number of esters is 2. The Bertz CT molecular complexity index is 879. The minimum absolute atomic E-state index is 0.133. The van der Waals surface area contributed by atoms with Crippen LogP contribution in [0.25, 0.3) is 0 Å². The van der Waals surface area contributed by atoms with Crippen LogP contribution in [0.4, 0.5) is 13.2 Å². The summed E-state index contributed by atoms with van der Waals surface area (Å²) >= 11 is 0. The SMILES string of the molecule is CCOC(=O)C(CCc1ccccc1)OC(=O)[C@@H](N)CCCCNC(=O)C(F)(F)F.O=C(O)[C@@H]1CCCN1. The number of halogens is 3. The van der Waals surface area contributed by atoms with E-state index in [4.69, 9.17) is 20.3 Å². The first-order valence-electron chi connectivity index (χ1n) is 12.4. The molecule has 10 nitrogen and oxygen atoms in total. The Morgan fingerprint density at radius 2 is 1.82 bits per heavy atom. The predicted octanol–water partition coefficient (Wildman–Crippen LogP) is 2.09. The van der Waals surface area contributed by atoms with Crippen molar-refractivity contribution in [3.8, 4) is 0 Å². The molecular formula is C25H36F3N3O7. The normalized spacial score (nSPS) is 16.4. The Labute approximate surface area is 219 Å². The van der Waals surface area contributed by atoms with Crippen molar-refractivity contribution < 1.29 is 46.9 Å². The number of aliphatic carboxylic acids is 1. The molecule has 38 heavy (non-hydrogen) atoms. The smallest absolute Gasteiger partial charge is 0.471 e. The molecule has 1 aromatic carbocycles. The topological polar surface area (TPSA) is 157 Å². The summed E-state index contributed by atoms with van der Waals surface area (Å²) in [6, 6.07) is 8.02. The van der Waals surface area contributed by atoms with Crippen LogP contribution < -0.4 is 16.4 Å². The van der Waals surface area contributed by atoms with Gasteiger partial charge in [-0.3, -0.25) is 14.4 Å². The molecule has 0 bridgehead atoms. The van der Waals surface area contributed by atoms with Crippen molar-refractivity contribution >= 4 is 23.8 Å². The first-order chi connectivity index (χ1) is 18.0. The summed E-state index contributed by atoms with van der Waals surface area (Å²) in [5.74, 6) is -4.19. The lowest BCUT2D eigenvalue weighted by Gasteiger charge is -2.19. The molecule has 0 aromatic heterocycles. The fourth-order valence-electron chi connectivity index (χ4n) is 3.43. The molecule has 3 atom stereocenters. The van der Waals surface area contributed by atoms with Gasteiger partial charge >= 0.3 is 30.0 Å². The highest BCUT2D eigenvalue weighted by Gasteiger charge is 2.38. The second-order valence-corrected chi connectivity index (χ2v) is 8.54. The number of ether oxygens (including phenoxy) is 2. The maximum absolute atomic E-state index is 12.2. The first-order valence-corrected chi connectivity index (χ1v) is 12.4. The number of benzene rings is 1. The Morgan fingerprint density at radius 3 is 2.34 bits per heavy atom. The summed E-state index contributed by atoms with van der Waals surface area (Å²) in [6.45, 7) is 2.44. The van der Waals surface area contributed by atoms with Gasteiger partial charge in [0.15, 0.2) is 6.10 Å². The largest absolute Gasteiger partial charge is 0.480 e. The number of unbranched alkanes of at least 4 members (excludes halogenated alkanes) is 1. The van der Waals surface area contributed by atoms with Gasteiger partial charge < -0.3 is 30.9 Å². The van der Waals surface area contributed by atoms with Crippen molar-refractivity contribution in [2.24, 2.45) is 5.73 Å². The van der Waals surface area contributed by atoms with E-state index in [1.165, 1.54) is 0 Å². The van der Waals surface area contributed by atoms with Crippen LogP contribution in [-0.2, 0) is 35.1 Å². The van der Waals surface area contributed by atoms with E-state index in [2.05, 4.69) is 5.32 Å². The van der Waals surface area contributed by atoms with Gasteiger partial charge in [-0.05, 0) is 64.0 Å². The number of aryl methyl sites for hydroxylation is 1. The molecule has 1 fully saturated rings. The van der Waals surface area contributed by atoms with Crippen LogP contribution >= 0.6 is 0 Å². The number of rotatable bonds is 13. The van der Waals surface area contributed by atoms with E-state index in [1.807, 2.05) is 30.3 Å². The Hall–Kier alpha value is -3.19. The molecule has 0 aliphatic carbocycles. The van der Waals surface area contributed by atoms with Gasteiger partial charge in [0.05, 0.1) is 6.61 Å². The van der Waals surface area contributed by atoms with Crippen LogP contribution in [-0.4, -0.2) is 73.0 Å². The van der Waals surface area contributed by atoms with Gasteiger partial charge in [0.2, 0.25) is 0 Å². The molecule has 1 aliphatic heterocycles. The summed E-state index contributed by atoms with van der Waals surface area (Å²) in [5, 5.41) is 12.9. The molecule has 1 amide bonds. The lowest BCUT2D eigenvalue weighted by Crippen LogP contribution is -2.39. The van der Waals surface area contributed by atoms with E-state index in [9.17, 15) is 32.3 Å². The molecule has 1 aromatic rings. The molecule has 0 saturated carbocycles. The molecule has 0 spiro atoms. The lowest BCUT2D eigenvalue weighted by molar-refractivity contribution is -0.173. The number of hydrogen-bond donors (Lipinski definition) is 4. The molecule has 13 heteroatoms. The zero-order valence-electron chi connectivity index (χ0n) is 21.3. The lowest BCUT2D eigenvalue weighted by atomic mass is 10.1. The third-order valence-corrected chi connectivity index (χ3v) is 5.49. The highest BCUT2D eigenvalue weighted by atomic mass is 19.4. The number of amides is 1. The quantitative estimate of drug-likeness (QED) is 0.214. The van der Waals surface area contributed by atoms with Gasteiger partial charge in [0.25, 0.3) is 0 Å². The molecule has 214 valence electrons. The number of carboxylic acids is 1. The van der Waals surface area contributed by atoms with Crippen LogP contribution in [0.5, 0.6) is 0 Å². The number of nitrogens with two attached hydrogens (primary N) is 1. The van der Waals surface area contributed by atoms with Gasteiger partial charge in [-0.2, -0.15) is 13.2 Å². The van der Waals surface area contributed by atoms with Crippen molar-refractivity contribution in [1.29, 1.82) is 0 Å². The fourth-order valence-corrected chi connectivity index (χ4v) is 3.43. The number of carbonyl (C=O) groups is 4. The molecule has 2 rings (SSSR count). The van der Waals surface area contributed by atoms with Crippen LogP contribution in [0.15, 0.2) is 30.3 Å². The van der Waals surface area contributed by atoms with Crippen molar-refractivity contribution in [1.82, 2.24) is 10.6 Å². The Morgan fingerprint density at radius 1 is 1.13 bits per heavy atom. The maximum Gasteiger partial charge on any atom is 0.471 e. The van der Waals surface area contributed by atoms with E-state index in [1.54, 1.807) is 12.2 Å². The number of nitrogens with one attached hydrogen (secondary N) is 2. The fraction of sp³-hybridized carbons (Fsp3) is 0.600. The van der Waals surface area contributed by atoms with Crippen molar-refractivity contribution in [3.63, 3.8) is 0 Å². The van der Waals surface area contributed by atoms with E-state index in [0.717, 1.165) is 24.9 Å². The number of carboxylic acid groups (broad SMARTS) is 1. The zero-order chi connectivity index (χ0) is 28.6. The Balaban J connectivity index is 0.000000763. The summed E-state index contributed by atoms with van der Waals surface area (Å²) in [6.07, 6.45) is -2.89. The third kappa shape index (κ3) is 13.4. The van der Waals surface area contributed by atoms with Crippen LogP contribution in [0.3, 0.4) is 0 Å². The zero-order valence-corrected chi connectivity index (χ0v) is 21.3. The predicted molar refractivity (Wildman–Crippen MR) is 131 cm³/mol. The van der Waals surface area contributed by atoms with E-state index < -0.39 is 42.1 Å². The number of carbonyl (C=O) groups excluding carboxylic acids is 3. The highest BCUT2D eigenvalue weighted by Crippen LogP contribution is 2.14. The van der Waals surface area contributed by atoms with Gasteiger partial charge in [-0.15, -0.1) is 0 Å². The minimum atomic E-state index is -4.93. The maximum atomic E-state index is 12.2. The van der Waals surface area contributed by atoms with Crippen LogP contribution in [0.1, 0.15) is 51.0 Å². The second-order valence-electron chi connectivity index (χ2n) is 8.54. The molecule has 1 heterocycles. The van der Waals surface area contributed by atoms with Crippen LogP contribution in [0.2, 0.25) is 0 Å². The third-order valence-electron chi connectivity index (χ3n) is 5.49. The average Bonchev–Trinajstić information content (AvgIpc) is 3.42. The molecule has 5 N–H and O–H groups in total. The van der Waals surface area contributed by atoms with Crippen molar-refractivity contribution in [2.75, 3.05) is 19.7 Å². The summed E-state index contributed by atoms with van der Waals surface area (Å²) < 4.78 is 46.4. The second kappa shape index (κ2) is 17.3. The summed E-state index contributed by atoms with van der Waals surface area (Å²) in [5.41, 5.74) is 6.73. The number of alkyl halides is 3. The van der Waals surface area contributed by atoms with Crippen molar-refractivity contribution in [2.45, 2.75) is 76.2 Å². The van der Waals surface area contributed by atoms with Crippen molar-refractivity contribution in [3.05, 3.63) is 35.9 Å². The molecule has 1 unspecified atom stereocenters. The molecule has 0 radical (unpaired) electrons. The van der Waals surface area contributed by atoms with E-state index in [0.29, 0.717) is 12.8 Å². The van der Waals surface area contributed by atoms with Gasteiger partial charge in [-0.25, -0.2) is 4.79 Å². The average molecular weight is 548 g/mol. The minimum Gasteiger partial charge on any atom is -0.480 e. The van der Waals surface area contributed by atoms with E-state index in [-0.39, 0.29) is 38.5 Å². The first kappa shape index (κ1) is 32.8. The molecule has 1 saturated heterocycles. The highest BCUT2D eigenvalue weighted by molar-refractivity contribution is 5.82. The summed E-state index contributed by atoms with van der Waals surface area (Å²) in [7, 11) is 0. The Kier molecular flexibility index (Phi) is 15.0. The van der Waals surface area contributed by atoms with E-state index >= 15 is 0 Å². The number of hydrogen-bond acceptors (Lipinski definition) is 8. The summed E-state index contributed by atoms with van der Waals surface area (Å²) in [4.78, 5) is 45.1. The standard InChI is InChI=1S/C20H27F3N2O5.C5H9NO2/c1-2-29-18(27)16(12-11-14-8-4-3-5-9-14)30-17(26)15(24)10-6-7-13-25-19(28)20(21,22)23;7-5(8)4-2-1-3-6-4/h3-5,8-9,15-16H,2,6-7,10-13,24H2,1H3,(H,25,28);4,6H,1-3H2,(H,7,8)/t15-,16?;4-/m00/s1. The van der Waals surface area contributed by atoms with Gasteiger partial charge in [0, 0.05) is 6.54 Å². The molecular weight excluding hydrogens is 511 g/mol. The van der Waals surface area contributed by atoms with Gasteiger partial charge in [-0.1, -0.05) is 30.3 Å². The monoisotopic (exact) mass is 547 g/mol. The van der Waals surface area contributed by atoms with Crippen LogP contribution in [0, 0.1) is 0 Å². The molecule has 1 aliphatic rings. The van der Waals surface area contributed by atoms with Gasteiger partial charge in [0.1, 0.15) is 12.1 Å².